The number of hydrogen-bond acceptors (Lipinski definition) is 4. The van der Waals surface area contributed by atoms with Crippen molar-refractivity contribution in [3.05, 3.63) is 129 Å². The number of nitrogens with zero attached hydrogens (tertiary/aromatic N) is 2. The van der Waals surface area contributed by atoms with Crippen LogP contribution in [-0.4, -0.2) is 43.8 Å². The Kier molecular flexibility index (Phi) is 11.3. The minimum absolute atomic E-state index is 0.00916. The topological polar surface area (TPSA) is 86.8 Å². The zero-order chi connectivity index (χ0) is 32.7. The lowest BCUT2D eigenvalue weighted by molar-refractivity contribution is -0.140. The van der Waals surface area contributed by atoms with E-state index in [2.05, 4.69) is 5.32 Å². The number of carbonyl (C=O) groups excluding carboxylic acids is 2. The zero-order valence-corrected chi connectivity index (χ0v) is 28.0. The van der Waals surface area contributed by atoms with Crippen LogP contribution in [0.15, 0.2) is 102 Å². The summed E-state index contributed by atoms with van der Waals surface area (Å²) in [7, 11) is -4.18. The van der Waals surface area contributed by atoms with Gasteiger partial charge in [-0.25, -0.2) is 8.42 Å². The first-order valence-electron chi connectivity index (χ1n) is 14.6. The summed E-state index contributed by atoms with van der Waals surface area (Å²) in [6.07, 6.45) is 0.210. The monoisotopic (exact) mass is 665 g/mol. The van der Waals surface area contributed by atoms with Crippen LogP contribution in [0.5, 0.6) is 0 Å². The average molecular weight is 667 g/mol. The number of nitrogens with one attached hydrogen (secondary N) is 1. The van der Waals surface area contributed by atoms with Gasteiger partial charge in [-0.3, -0.25) is 13.9 Å². The van der Waals surface area contributed by atoms with Crippen LogP contribution < -0.4 is 9.62 Å². The smallest absolute Gasteiger partial charge is 0.264 e. The molecule has 1 atom stereocenters. The lowest BCUT2D eigenvalue weighted by atomic mass is 10.0. The predicted molar refractivity (Wildman–Crippen MR) is 181 cm³/mol. The van der Waals surface area contributed by atoms with E-state index in [0.29, 0.717) is 26.9 Å². The van der Waals surface area contributed by atoms with E-state index in [1.807, 2.05) is 63.2 Å². The Morgan fingerprint density at radius 2 is 1.44 bits per heavy atom. The van der Waals surface area contributed by atoms with Crippen LogP contribution in [0.2, 0.25) is 10.0 Å². The molecule has 4 rings (SSSR count). The molecule has 0 radical (unpaired) electrons. The number of amides is 2. The normalized spacial score (nSPS) is 12.1. The number of sulfonamides is 1. The van der Waals surface area contributed by atoms with Crippen molar-refractivity contribution in [2.75, 3.05) is 10.8 Å². The van der Waals surface area contributed by atoms with E-state index in [0.717, 1.165) is 15.4 Å². The second kappa shape index (κ2) is 15.0. The highest BCUT2D eigenvalue weighted by Gasteiger charge is 2.35. The Hall–Kier alpha value is -3.85. The van der Waals surface area contributed by atoms with Gasteiger partial charge in [0, 0.05) is 19.0 Å². The zero-order valence-electron chi connectivity index (χ0n) is 25.7. The number of anilines is 1. The van der Waals surface area contributed by atoms with Crippen molar-refractivity contribution >= 4 is 50.7 Å². The largest absolute Gasteiger partial charge is 0.352 e. The molecule has 45 heavy (non-hydrogen) atoms. The van der Waals surface area contributed by atoms with Crippen molar-refractivity contribution in [1.82, 2.24) is 10.2 Å². The molecule has 0 spiro atoms. The fraction of sp³-hybridized carbons (Fsp3) is 0.257. The summed E-state index contributed by atoms with van der Waals surface area (Å²) in [5.74, 6) is -0.909. The molecule has 7 nitrogen and oxygen atoms in total. The molecule has 0 saturated carbocycles. The first kappa shape index (κ1) is 34.0. The van der Waals surface area contributed by atoms with Crippen LogP contribution in [0.25, 0.3) is 0 Å². The lowest BCUT2D eigenvalue weighted by Gasteiger charge is -2.34. The van der Waals surface area contributed by atoms with E-state index in [4.69, 9.17) is 23.2 Å². The van der Waals surface area contributed by atoms with Gasteiger partial charge < -0.3 is 10.2 Å². The first-order chi connectivity index (χ1) is 21.4. The van der Waals surface area contributed by atoms with Gasteiger partial charge >= 0.3 is 0 Å². The van der Waals surface area contributed by atoms with Gasteiger partial charge in [0.05, 0.1) is 20.6 Å². The van der Waals surface area contributed by atoms with Gasteiger partial charge in [0.25, 0.3) is 10.0 Å². The molecular formula is C35H37Cl2N3O4S. The third-order valence-corrected chi connectivity index (χ3v) is 9.80. The second-order valence-electron chi connectivity index (χ2n) is 11.3. The van der Waals surface area contributed by atoms with Crippen molar-refractivity contribution in [3.63, 3.8) is 0 Å². The van der Waals surface area contributed by atoms with E-state index >= 15 is 0 Å². The van der Waals surface area contributed by atoms with E-state index in [-0.39, 0.29) is 29.8 Å². The minimum Gasteiger partial charge on any atom is -0.352 e. The summed E-state index contributed by atoms with van der Waals surface area (Å²) in [4.78, 5) is 29.8. The maximum absolute atomic E-state index is 14.6. The SMILES string of the molecule is Cc1ccc(C)c(N(CC(=O)N(Cc2ccc(Cl)c(Cl)c2)C(Cc2ccccc2)C(=O)NC(C)C)S(=O)(=O)c2ccccc2)c1. The van der Waals surface area contributed by atoms with Gasteiger partial charge in [-0.05, 0) is 80.3 Å². The van der Waals surface area contributed by atoms with Crippen molar-refractivity contribution in [1.29, 1.82) is 0 Å². The van der Waals surface area contributed by atoms with E-state index in [1.54, 1.807) is 49.4 Å². The molecule has 10 heteroatoms. The highest BCUT2D eigenvalue weighted by molar-refractivity contribution is 7.92. The number of carbonyl (C=O) groups is 2. The summed E-state index contributed by atoms with van der Waals surface area (Å²) in [6, 6.07) is 26.7. The van der Waals surface area contributed by atoms with Gasteiger partial charge in [-0.2, -0.15) is 0 Å². The van der Waals surface area contributed by atoms with Crippen molar-refractivity contribution < 1.29 is 18.0 Å². The Morgan fingerprint density at radius 1 is 0.800 bits per heavy atom. The third-order valence-electron chi connectivity index (χ3n) is 7.28. The maximum atomic E-state index is 14.6. The van der Waals surface area contributed by atoms with Gasteiger partial charge in [0.15, 0.2) is 0 Å². The van der Waals surface area contributed by atoms with E-state index in [9.17, 15) is 18.0 Å². The maximum Gasteiger partial charge on any atom is 0.264 e. The molecule has 1 N–H and O–H groups in total. The molecule has 0 aliphatic heterocycles. The molecule has 4 aromatic carbocycles. The van der Waals surface area contributed by atoms with Crippen molar-refractivity contribution in [3.8, 4) is 0 Å². The van der Waals surface area contributed by atoms with E-state index < -0.39 is 28.5 Å². The number of hydrogen-bond donors (Lipinski definition) is 1. The van der Waals surface area contributed by atoms with Crippen LogP contribution in [0, 0.1) is 13.8 Å². The summed E-state index contributed by atoms with van der Waals surface area (Å²) in [5.41, 5.74) is 3.38. The summed E-state index contributed by atoms with van der Waals surface area (Å²) in [5, 5.41) is 3.61. The van der Waals surface area contributed by atoms with Gasteiger partial charge in [0.1, 0.15) is 12.6 Å². The molecule has 0 fully saturated rings. The van der Waals surface area contributed by atoms with Crippen LogP contribution in [0.4, 0.5) is 5.69 Å². The Labute approximate surface area is 275 Å². The number of halogens is 2. The molecule has 0 aromatic heterocycles. The first-order valence-corrected chi connectivity index (χ1v) is 16.8. The van der Waals surface area contributed by atoms with Gasteiger partial charge in [-0.15, -0.1) is 0 Å². The molecule has 0 aliphatic rings. The number of aryl methyl sites for hydroxylation is 2. The van der Waals surface area contributed by atoms with Gasteiger partial charge in [0.2, 0.25) is 11.8 Å². The molecule has 0 saturated heterocycles. The molecule has 1 unspecified atom stereocenters. The summed E-state index contributed by atoms with van der Waals surface area (Å²) < 4.78 is 29.5. The molecular weight excluding hydrogens is 629 g/mol. The molecule has 236 valence electrons. The Bertz CT molecular complexity index is 1750. The predicted octanol–water partition coefficient (Wildman–Crippen LogP) is 6.97. The second-order valence-corrected chi connectivity index (χ2v) is 13.9. The average Bonchev–Trinajstić information content (AvgIpc) is 3.01. The third kappa shape index (κ3) is 8.66. The van der Waals surface area contributed by atoms with Crippen LogP contribution in [0.1, 0.15) is 36.1 Å². The molecule has 0 aliphatic carbocycles. The fourth-order valence-corrected chi connectivity index (χ4v) is 6.80. The highest BCUT2D eigenvalue weighted by atomic mass is 35.5. The highest BCUT2D eigenvalue weighted by Crippen LogP contribution is 2.29. The fourth-order valence-electron chi connectivity index (χ4n) is 4.99. The van der Waals surface area contributed by atoms with Crippen LogP contribution in [-0.2, 0) is 32.6 Å². The Balaban J connectivity index is 1.84. The van der Waals surface area contributed by atoms with E-state index in [1.165, 1.54) is 17.0 Å². The van der Waals surface area contributed by atoms with Crippen molar-refractivity contribution in [2.24, 2.45) is 0 Å². The molecule has 2 amide bonds. The lowest BCUT2D eigenvalue weighted by Crippen LogP contribution is -2.54. The summed E-state index contributed by atoms with van der Waals surface area (Å²) >= 11 is 12.5. The Morgan fingerprint density at radius 3 is 2.07 bits per heavy atom. The van der Waals surface area contributed by atoms with Crippen LogP contribution in [0.3, 0.4) is 0 Å². The van der Waals surface area contributed by atoms with Crippen molar-refractivity contribution in [2.45, 2.75) is 57.6 Å². The summed E-state index contributed by atoms with van der Waals surface area (Å²) in [6.45, 7) is 6.80. The number of benzene rings is 4. The van der Waals surface area contributed by atoms with Gasteiger partial charge in [-0.1, -0.05) is 89.9 Å². The molecule has 4 aromatic rings. The molecule has 0 heterocycles. The molecule has 0 bridgehead atoms. The number of rotatable bonds is 12. The van der Waals surface area contributed by atoms with Crippen LogP contribution >= 0.6 is 23.2 Å². The quantitative estimate of drug-likeness (QED) is 0.177. The minimum atomic E-state index is -4.18. The standard InChI is InChI=1S/C35H37Cl2N3O4S/c1-24(2)38-35(42)33(21-27-11-7-5-8-12-27)39(22-28-17-18-30(36)31(37)20-28)34(41)23-40(32-19-25(3)15-16-26(32)4)45(43,44)29-13-9-6-10-14-29/h5-20,24,33H,21-23H2,1-4H3,(H,38,42).